The molecule has 3 unspecified atom stereocenters. The Morgan fingerprint density at radius 1 is 1.29 bits per heavy atom. The third-order valence-electron chi connectivity index (χ3n) is 8.20. The van der Waals surface area contributed by atoms with Crippen LogP contribution in [0.5, 0.6) is 0 Å². The SMILES string of the molecule is CC1(C)C2CCC1(CS(=O)(=O)O)C(=O)C2.O=C(O)C(c1ccccc1Cl)N1CCc2sccc2C1. The van der Waals surface area contributed by atoms with E-state index in [9.17, 15) is 23.1 Å². The molecule has 2 aromatic rings. The van der Waals surface area contributed by atoms with Crippen LogP contribution < -0.4 is 0 Å². The molecule has 3 aliphatic rings. The van der Waals surface area contributed by atoms with Crippen LogP contribution in [-0.2, 0) is 32.7 Å². The molecule has 2 saturated carbocycles. The van der Waals surface area contributed by atoms with Gasteiger partial charge in [-0.3, -0.25) is 19.0 Å². The fourth-order valence-electron chi connectivity index (χ4n) is 6.09. The van der Waals surface area contributed by atoms with Gasteiger partial charge in [-0.1, -0.05) is 43.6 Å². The molecule has 5 rings (SSSR count). The van der Waals surface area contributed by atoms with Crippen molar-refractivity contribution >= 4 is 44.8 Å². The van der Waals surface area contributed by atoms with Gasteiger partial charge in [0.05, 0.1) is 11.2 Å². The predicted molar refractivity (Wildman–Crippen MR) is 135 cm³/mol. The number of Topliss-reactive ketones (excluding diaryl/α,β-unsaturated/α-hetero) is 1. The Morgan fingerprint density at radius 2 is 2.00 bits per heavy atom. The minimum absolute atomic E-state index is 0.0152. The van der Waals surface area contributed by atoms with Gasteiger partial charge in [-0.2, -0.15) is 8.42 Å². The normalized spacial score (nSPS) is 26.1. The van der Waals surface area contributed by atoms with Crippen LogP contribution in [0, 0.1) is 16.7 Å². The van der Waals surface area contributed by atoms with Crippen LogP contribution in [0.3, 0.4) is 0 Å². The number of nitrogens with zero attached hydrogens (tertiary/aromatic N) is 1. The maximum atomic E-state index is 11.9. The van der Waals surface area contributed by atoms with Gasteiger partial charge in [0.2, 0.25) is 0 Å². The van der Waals surface area contributed by atoms with E-state index in [1.165, 1.54) is 10.4 Å². The van der Waals surface area contributed by atoms with Crippen molar-refractivity contribution in [3.8, 4) is 0 Å². The lowest BCUT2D eigenvalue weighted by atomic mass is 9.70. The van der Waals surface area contributed by atoms with Crippen LogP contribution in [-0.4, -0.2) is 47.0 Å². The fourth-order valence-corrected chi connectivity index (χ4v) is 8.52. The molecule has 1 aromatic carbocycles. The van der Waals surface area contributed by atoms with E-state index in [2.05, 4.69) is 11.4 Å². The summed E-state index contributed by atoms with van der Waals surface area (Å²) < 4.78 is 31.0. The number of carboxylic acids is 1. The van der Waals surface area contributed by atoms with Crippen molar-refractivity contribution in [1.29, 1.82) is 0 Å². The molecule has 2 fully saturated rings. The number of thiophene rings is 1. The second-order valence-corrected chi connectivity index (χ2v) is 13.1. The Morgan fingerprint density at radius 3 is 2.57 bits per heavy atom. The van der Waals surface area contributed by atoms with E-state index in [4.69, 9.17) is 16.2 Å². The molecular weight excluding hydrogens is 510 g/mol. The summed E-state index contributed by atoms with van der Waals surface area (Å²) in [6, 6.07) is 8.58. The smallest absolute Gasteiger partial charge is 0.325 e. The minimum Gasteiger partial charge on any atom is -0.480 e. The van der Waals surface area contributed by atoms with Crippen molar-refractivity contribution in [1.82, 2.24) is 4.90 Å². The third-order valence-corrected chi connectivity index (χ3v) is 10.4. The van der Waals surface area contributed by atoms with Gasteiger partial charge in [0, 0.05) is 29.4 Å². The highest BCUT2D eigenvalue weighted by atomic mass is 35.5. The monoisotopic (exact) mass is 539 g/mol. The highest BCUT2D eigenvalue weighted by Crippen LogP contribution is 2.64. The zero-order valence-corrected chi connectivity index (χ0v) is 22.1. The van der Waals surface area contributed by atoms with Gasteiger partial charge in [0.25, 0.3) is 10.1 Å². The summed E-state index contributed by atoms with van der Waals surface area (Å²) in [4.78, 5) is 26.9. The Bertz CT molecular complexity index is 1240. The summed E-state index contributed by atoms with van der Waals surface area (Å²) in [6.07, 6.45) is 2.88. The van der Waals surface area contributed by atoms with E-state index in [1.54, 1.807) is 23.5 Å². The number of hydrogen-bond acceptors (Lipinski definition) is 6. The fraction of sp³-hybridized carbons (Fsp3) is 0.520. The molecule has 1 aliphatic heterocycles. The van der Waals surface area contributed by atoms with Gasteiger partial charge >= 0.3 is 5.97 Å². The first-order valence-corrected chi connectivity index (χ1v) is 14.5. The van der Waals surface area contributed by atoms with Gasteiger partial charge in [0.1, 0.15) is 11.8 Å². The standard InChI is InChI=1S/C15H14ClNO2S.C10H16O4S/c16-12-4-2-1-3-11(12)14(15(18)19)17-7-5-13-10(9-17)6-8-20-13;1-9(2)7-3-4-10(9,8(11)5-7)6-15(12,13)14/h1-4,6,8,14H,5,7,9H2,(H,18,19);7H,3-6H2,1-2H3,(H,12,13,14). The molecular formula is C25H30ClNO6S2. The Labute approximate surface area is 214 Å². The average molecular weight is 540 g/mol. The molecule has 35 heavy (non-hydrogen) atoms. The number of fused-ring (bicyclic) bond motifs is 3. The summed E-state index contributed by atoms with van der Waals surface area (Å²) in [5.41, 5.74) is 0.783. The number of carbonyl (C=O) groups excluding carboxylic acids is 1. The quantitative estimate of drug-likeness (QED) is 0.522. The highest BCUT2D eigenvalue weighted by molar-refractivity contribution is 7.85. The summed E-state index contributed by atoms with van der Waals surface area (Å²) in [5.74, 6) is -0.951. The van der Waals surface area contributed by atoms with Gasteiger partial charge in [0.15, 0.2) is 0 Å². The van der Waals surface area contributed by atoms with Crippen LogP contribution in [0.1, 0.15) is 55.2 Å². The molecule has 2 heterocycles. The van der Waals surface area contributed by atoms with Crippen molar-refractivity contribution in [3.63, 3.8) is 0 Å². The summed E-state index contributed by atoms with van der Waals surface area (Å²) in [6.45, 7) is 5.30. The highest BCUT2D eigenvalue weighted by Gasteiger charge is 2.65. The van der Waals surface area contributed by atoms with E-state index in [0.717, 1.165) is 19.4 Å². The Balaban J connectivity index is 0.000000172. The van der Waals surface area contributed by atoms with Crippen LogP contribution >= 0.6 is 22.9 Å². The lowest BCUT2D eigenvalue weighted by molar-refractivity contribution is -0.144. The summed E-state index contributed by atoms with van der Waals surface area (Å²) in [5, 5.41) is 12.2. The molecule has 190 valence electrons. The van der Waals surface area contributed by atoms with Crippen molar-refractivity contribution in [2.75, 3.05) is 12.3 Å². The first-order chi connectivity index (χ1) is 16.4. The molecule has 3 atom stereocenters. The number of hydrogen-bond donors (Lipinski definition) is 2. The lowest BCUT2D eigenvalue weighted by Gasteiger charge is -2.35. The molecule has 0 amide bonds. The molecule has 7 nitrogen and oxygen atoms in total. The van der Waals surface area contributed by atoms with Gasteiger partial charge < -0.3 is 5.11 Å². The lowest BCUT2D eigenvalue weighted by Crippen LogP contribution is -2.42. The number of aliphatic carboxylic acids is 1. The number of ketones is 1. The second-order valence-electron chi connectivity index (χ2n) is 10.2. The topological polar surface area (TPSA) is 112 Å². The van der Waals surface area contributed by atoms with Crippen molar-refractivity contribution in [2.45, 2.75) is 52.1 Å². The van der Waals surface area contributed by atoms with Crippen molar-refractivity contribution in [3.05, 3.63) is 56.7 Å². The molecule has 2 aliphatic carbocycles. The van der Waals surface area contributed by atoms with Crippen molar-refractivity contribution < 1.29 is 27.7 Å². The molecule has 10 heteroatoms. The third kappa shape index (κ3) is 4.93. The molecule has 0 spiro atoms. The number of carboxylic acid groups (broad SMARTS) is 1. The van der Waals surface area contributed by atoms with E-state index in [0.29, 0.717) is 30.0 Å². The first-order valence-electron chi connectivity index (χ1n) is 11.6. The molecule has 2 N–H and O–H groups in total. The number of halogens is 1. The second kappa shape index (κ2) is 9.59. The number of carbonyl (C=O) groups is 2. The number of benzene rings is 1. The van der Waals surface area contributed by atoms with E-state index in [-0.39, 0.29) is 17.1 Å². The van der Waals surface area contributed by atoms with Crippen molar-refractivity contribution in [2.24, 2.45) is 16.7 Å². The van der Waals surface area contributed by atoms with Crippen LogP contribution in [0.15, 0.2) is 35.7 Å². The largest absolute Gasteiger partial charge is 0.480 e. The predicted octanol–water partition coefficient (Wildman–Crippen LogP) is 4.86. The van der Waals surface area contributed by atoms with E-state index >= 15 is 0 Å². The number of rotatable bonds is 5. The van der Waals surface area contributed by atoms with E-state index < -0.39 is 33.3 Å². The summed E-state index contributed by atoms with van der Waals surface area (Å²) >= 11 is 7.92. The van der Waals surface area contributed by atoms with Crippen LogP contribution in [0.2, 0.25) is 5.02 Å². The average Bonchev–Trinajstić information content (AvgIpc) is 3.37. The zero-order chi connectivity index (χ0) is 25.6. The van der Waals surface area contributed by atoms with Crippen LogP contribution in [0.4, 0.5) is 0 Å². The van der Waals surface area contributed by atoms with E-state index in [1.807, 2.05) is 30.9 Å². The van der Waals surface area contributed by atoms with Gasteiger partial charge in [-0.15, -0.1) is 11.3 Å². The molecule has 0 saturated heterocycles. The Hall–Kier alpha value is -1.78. The maximum Gasteiger partial charge on any atom is 0.325 e. The Kier molecular flexibility index (Phi) is 7.20. The molecule has 0 radical (unpaired) electrons. The molecule has 2 bridgehead atoms. The van der Waals surface area contributed by atoms with Crippen LogP contribution in [0.25, 0.3) is 0 Å². The molecule has 1 aromatic heterocycles. The zero-order valence-electron chi connectivity index (χ0n) is 19.7. The first kappa shape index (κ1) is 26.3. The minimum atomic E-state index is -4.08. The summed E-state index contributed by atoms with van der Waals surface area (Å²) in [7, 11) is -4.08. The van der Waals surface area contributed by atoms with Gasteiger partial charge in [-0.05, 0) is 59.2 Å². The maximum absolute atomic E-state index is 11.9. The van der Waals surface area contributed by atoms with Gasteiger partial charge in [-0.25, -0.2) is 0 Å².